The molecule has 0 unspecified atom stereocenters. The summed E-state index contributed by atoms with van der Waals surface area (Å²) in [6.45, 7) is 4.79. The largest absolute Gasteiger partial charge is 0.493 e. The highest BCUT2D eigenvalue weighted by molar-refractivity contribution is 5.84. The zero-order valence-corrected chi connectivity index (χ0v) is 12.5. The van der Waals surface area contributed by atoms with Gasteiger partial charge in [-0.3, -0.25) is 4.79 Å². The first-order valence-electron chi connectivity index (χ1n) is 7.22. The van der Waals surface area contributed by atoms with E-state index in [9.17, 15) is 9.59 Å². The maximum atomic E-state index is 12.1. The highest BCUT2D eigenvalue weighted by Gasteiger charge is 2.33. The van der Waals surface area contributed by atoms with Gasteiger partial charge in [-0.25, -0.2) is 4.79 Å². The van der Waals surface area contributed by atoms with Gasteiger partial charge in [0.15, 0.2) is 0 Å². The van der Waals surface area contributed by atoms with E-state index < -0.39 is 12.0 Å². The maximum absolute atomic E-state index is 12.1. The summed E-state index contributed by atoms with van der Waals surface area (Å²) in [6, 6.07) is 5.14. The molecule has 1 aliphatic rings. The van der Waals surface area contributed by atoms with Crippen LogP contribution in [0.1, 0.15) is 30.4 Å². The van der Waals surface area contributed by atoms with Crippen molar-refractivity contribution >= 4 is 11.9 Å². The van der Waals surface area contributed by atoms with Gasteiger partial charge in [0.2, 0.25) is 5.91 Å². The lowest BCUT2D eigenvalue weighted by Gasteiger charge is -2.21. The Balaban J connectivity index is 1.87. The first-order chi connectivity index (χ1) is 10.0. The van der Waals surface area contributed by atoms with Crippen LogP contribution in [0.3, 0.4) is 0 Å². The van der Waals surface area contributed by atoms with Gasteiger partial charge in [0, 0.05) is 6.54 Å². The molecule has 0 aliphatic carbocycles. The molecule has 1 fully saturated rings. The summed E-state index contributed by atoms with van der Waals surface area (Å²) in [4.78, 5) is 24.6. The quantitative estimate of drug-likeness (QED) is 0.902. The smallest absolute Gasteiger partial charge is 0.326 e. The predicted molar refractivity (Wildman–Crippen MR) is 78.4 cm³/mol. The highest BCUT2D eigenvalue weighted by Crippen LogP contribution is 2.21. The first-order valence-corrected chi connectivity index (χ1v) is 7.22. The van der Waals surface area contributed by atoms with E-state index in [-0.39, 0.29) is 18.9 Å². The number of aliphatic carboxylic acids is 1. The molecule has 1 aromatic rings. The summed E-state index contributed by atoms with van der Waals surface area (Å²) in [6.07, 6.45) is 1.50. The molecule has 0 aromatic heterocycles. The Labute approximate surface area is 124 Å². The van der Waals surface area contributed by atoms with E-state index in [1.807, 2.05) is 32.0 Å². The summed E-state index contributed by atoms with van der Waals surface area (Å²) in [5.74, 6) is -0.291. The Morgan fingerprint density at radius 2 is 2.14 bits per heavy atom. The fourth-order valence-corrected chi connectivity index (χ4v) is 2.59. The van der Waals surface area contributed by atoms with Gasteiger partial charge in [-0.1, -0.05) is 12.1 Å². The molecule has 1 aliphatic heterocycles. The molecule has 1 amide bonds. The van der Waals surface area contributed by atoms with Crippen LogP contribution < -0.4 is 4.74 Å². The van der Waals surface area contributed by atoms with Crippen LogP contribution in [-0.2, 0) is 9.59 Å². The van der Waals surface area contributed by atoms with Gasteiger partial charge in [0.25, 0.3) is 0 Å². The molecular formula is C16H21NO4. The predicted octanol–water partition coefficient (Wildman–Crippen LogP) is 2.15. The van der Waals surface area contributed by atoms with Crippen molar-refractivity contribution in [3.8, 4) is 5.75 Å². The number of aryl methyl sites for hydroxylation is 1. The number of carbonyl (C=O) groups is 2. The second kappa shape index (κ2) is 6.61. The van der Waals surface area contributed by atoms with Gasteiger partial charge < -0.3 is 14.7 Å². The van der Waals surface area contributed by atoms with Crippen LogP contribution in [0.5, 0.6) is 5.75 Å². The van der Waals surface area contributed by atoms with Crippen molar-refractivity contribution in [1.82, 2.24) is 4.90 Å². The summed E-state index contributed by atoms with van der Waals surface area (Å²) in [5, 5.41) is 9.08. The van der Waals surface area contributed by atoms with Crippen molar-refractivity contribution in [3.05, 3.63) is 29.3 Å². The molecule has 1 atom stereocenters. The van der Waals surface area contributed by atoms with Gasteiger partial charge in [-0.05, 0) is 43.9 Å². The fourth-order valence-electron chi connectivity index (χ4n) is 2.59. The molecule has 21 heavy (non-hydrogen) atoms. The van der Waals surface area contributed by atoms with Gasteiger partial charge in [-0.2, -0.15) is 0 Å². The molecule has 1 saturated heterocycles. The zero-order valence-electron chi connectivity index (χ0n) is 12.5. The van der Waals surface area contributed by atoms with E-state index >= 15 is 0 Å². The number of ether oxygens (including phenoxy) is 1. The van der Waals surface area contributed by atoms with Crippen molar-refractivity contribution in [2.45, 2.75) is 39.2 Å². The molecule has 2 rings (SSSR count). The number of carboxylic acid groups (broad SMARTS) is 1. The highest BCUT2D eigenvalue weighted by atomic mass is 16.5. The third kappa shape index (κ3) is 3.54. The van der Waals surface area contributed by atoms with Crippen LogP contribution in [0.4, 0.5) is 0 Å². The molecule has 1 aromatic carbocycles. The van der Waals surface area contributed by atoms with Crippen LogP contribution in [0, 0.1) is 13.8 Å². The molecular weight excluding hydrogens is 270 g/mol. The van der Waals surface area contributed by atoms with Crippen LogP contribution >= 0.6 is 0 Å². The topological polar surface area (TPSA) is 66.8 Å². The number of hydrogen-bond donors (Lipinski definition) is 1. The summed E-state index contributed by atoms with van der Waals surface area (Å²) in [5.41, 5.74) is 2.21. The van der Waals surface area contributed by atoms with Gasteiger partial charge in [0.05, 0.1) is 13.0 Å². The monoisotopic (exact) mass is 291 g/mol. The Morgan fingerprint density at radius 3 is 2.86 bits per heavy atom. The van der Waals surface area contributed by atoms with E-state index in [4.69, 9.17) is 9.84 Å². The minimum absolute atomic E-state index is 0.148. The zero-order chi connectivity index (χ0) is 15.4. The maximum Gasteiger partial charge on any atom is 0.326 e. The van der Waals surface area contributed by atoms with E-state index in [1.54, 1.807) is 0 Å². The molecule has 0 radical (unpaired) electrons. The summed E-state index contributed by atoms with van der Waals surface area (Å²) >= 11 is 0. The lowest BCUT2D eigenvalue weighted by Crippen LogP contribution is -2.40. The number of rotatable bonds is 5. The van der Waals surface area contributed by atoms with Crippen LogP contribution in [0.2, 0.25) is 0 Å². The van der Waals surface area contributed by atoms with Gasteiger partial charge in [-0.15, -0.1) is 0 Å². The Bertz CT molecular complexity index is 541. The molecule has 1 N–H and O–H groups in total. The molecule has 1 heterocycles. The normalized spacial score (nSPS) is 17.8. The SMILES string of the molecule is Cc1cccc(OCCC(=O)N2CCC[C@H]2C(=O)O)c1C. The van der Waals surface area contributed by atoms with Crippen LogP contribution in [-0.4, -0.2) is 41.1 Å². The number of amides is 1. The van der Waals surface area contributed by atoms with E-state index in [0.29, 0.717) is 13.0 Å². The van der Waals surface area contributed by atoms with Gasteiger partial charge >= 0.3 is 5.97 Å². The molecule has 0 saturated carbocycles. The standard InChI is InChI=1S/C16H21NO4/c1-11-5-3-7-14(12(11)2)21-10-8-15(18)17-9-4-6-13(17)16(19)20/h3,5,7,13H,4,6,8-10H2,1-2H3,(H,19,20)/t13-/m0/s1. The number of likely N-dealkylation sites (tertiary alicyclic amines) is 1. The minimum atomic E-state index is -0.920. The lowest BCUT2D eigenvalue weighted by molar-refractivity contribution is -0.148. The number of hydrogen-bond acceptors (Lipinski definition) is 3. The summed E-state index contributed by atoms with van der Waals surface area (Å²) in [7, 11) is 0. The van der Waals surface area contributed by atoms with E-state index in [1.165, 1.54) is 4.90 Å². The fraction of sp³-hybridized carbons (Fsp3) is 0.500. The Hall–Kier alpha value is -2.04. The second-order valence-corrected chi connectivity index (χ2v) is 5.38. The van der Waals surface area contributed by atoms with Crippen molar-refractivity contribution < 1.29 is 19.4 Å². The minimum Gasteiger partial charge on any atom is -0.493 e. The number of carbonyl (C=O) groups excluding carboxylic acids is 1. The second-order valence-electron chi connectivity index (χ2n) is 5.38. The Morgan fingerprint density at radius 1 is 1.38 bits per heavy atom. The van der Waals surface area contributed by atoms with Crippen molar-refractivity contribution in [1.29, 1.82) is 0 Å². The molecule has 5 nitrogen and oxygen atoms in total. The van der Waals surface area contributed by atoms with Crippen molar-refractivity contribution in [3.63, 3.8) is 0 Å². The number of benzene rings is 1. The molecule has 114 valence electrons. The van der Waals surface area contributed by atoms with Crippen LogP contribution in [0.25, 0.3) is 0 Å². The third-order valence-corrected chi connectivity index (χ3v) is 3.99. The molecule has 0 spiro atoms. The first kappa shape index (κ1) is 15.4. The number of nitrogens with zero attached hydrogens (tertiary/aromatic N) is 1. The van der Waals surface area contributed by atoms with Gasteiger partial charge in [0.1, 0.15) is 11.8 Å². The number of carboxylic acids is 1. The lowest BCUT2D eigenvalue weighted by atomic mass is 10.1. The molecule has 5 heteroatoms. The van der Waals surface area contributed by atoms with Crippen LogP contribution in [0.15, 0.2) is 18.2 Å². The average molecular weight is 291 g/mol. The van der Waals surface area contributed by atoms with Crippen molar-refractivity contribution in [2.24, 2.45) is 0 Å². The molecule has 0 bridgehead atoms. The van der Waals surface area contributed by atoms with Crippen molar-refractivity contribution in [2.75, 3.05) is 13.2 Å². The van der Waals surface area contributed by atoms with E-state index in [2.05, 4.69) is 0 Å². The van der Waals surface area contributed by atoms with E-state index in [0.717, 1.165) is 23.3 Å². The Kier molecular flexibility index (Phi) is 4.83. The third-order valence-electron chi connectivity index (χ3n) is 3.99. The summed E-state index contributed by atoms with van der Waals surface area (Å²) < 4.78 is 5.65. The average Bonchev–Trinajstić information content (AvgIpc) is 2.93.